The summed E-state index contributed by atoms with van der Waals surface area (Å²) in [5.41, 5.74) is 14.0. The normalized spacial score (nSPS) is 28.6. The van der Waals surface area contributed by atoms with Gasteiger partial charge in [0.2, 0.25) is 17.7 Å². The molecule has 1 aromatic carbocycles. The zero-order valence-electron chi connectivity index (χ0n) is 43.2. The monoisotopic (exact) mass is 1250 g/mol. The maximum Gasteiger partial charge on any atom is 0.490 e. The van der Waals surface area contributed by atoms with Crippen molar-refractivity contribution in [2.45, 2.75) is 73.5 Å². The van der Waals surface area contributed by atoms with Gasteiger partial charge in [0, 0.05) is 26.7 Å². The number of H-pyrrole nitrogens is 2. The first-order valence-electron chi connectivity index (χ1n) is 24.4. The quantitative estimate of drug-likeness (QED) is 0.0247. The SMILES string of the molecule is COCC[C@H]1[C@@H](O)[C@H]([n+]2cn(C)c3c(=O)[nH]c(N)nc32)O[C@@H]1COP(=O)(O)OP(=O)(O)OP(=O)(O)OC[C@H]1O[C@@H](n2cnc3c(N)ncnc32)[C@H](OC)[C@@H]1P(=O)([O-])OC[C@H]1O[C@@H](n2cnc3c(=O)[nH]c(N)nc32)[C@H](Oc2ccccc2)[C@@H]1O. The van der Waals surface area contributed by atoms with Gasteiger partial charge in [-0.1, -0.05) is 23.2 Å². The Hall–Kier alpha value is -6.05. The smallest absolute Gasteiger partial charge is 0.490 e. The third kappa shape index (κ3) is 12.3. The number of imidazole rings is 3. The van der Waals surface area contributed by atoms with E-state index in [0.717, 1.165) is 19.8 Å². The van der Waals surface area contributed by atoms with E-state index in [2.05, 4.69) is 48.5 Å². The fourth-order valence-corrected chi connectivity index (χ4v) is 15.2. The summed E-state index contributed by atoms with van der Waals surface area (Å²) in [4.78, 5) is 101. The van der Waals surface area contributed by atoms with Crippen molar-refractivity contribution in [3.63, 3.8) is 0 Å². The zero-order valence-corrected chi connectivity index (χ0v) is 46.8. The molecule has 42 heteroatoms. The van der Waals surface area contributed by atoms with Crippen LogP contribution in [0.15, 0.2) is 65.2 Å². The van der Waals surface area contributed by atoms with E-state index in [1.807, 2.05) is 0 Å². The number of aromatic amines is 2. The Bertz CT molecular complexity index is 3850. The van der Waals surface area contributed by atoms with Crippen LogP contribution in [0.5, 0.6) is 5.75 Å². The molecule has 38 nitrogen and oxygen atoms in total. The summed E-state index contributed by atoms with van der Waals surface area (Å²) in [6.07, 6.45) is -10.4. The molecule has 450 valence electrons. The molecule has 13 N–H and O–H groups in total. The molecule has 9 heterocycles. The number of nitrogens with one attached hydrogen (secondary N) is 2. The number of aryl methyl sites for hydroxylation is 1. The second-order valence-electron chi connectivity index (χ2n) is 18.8. The van der Waals surface area contributed by atoms with Gasteiger partial charge in [0.05, 0.1) is 57.4 Å². The molecular formula is C41H53N15O23P4. The van der Waals surface area contributed by atoms with Crippen LogP contribution in [0, 0.1) is 5.92 Å². The van der Waals surface area contributed by atoms with Gasteiger partial charge in [0.25, 0.3) is 17.1 Å². The summed E-state index contributed by atoms with van der Waals surface area (Å²) < 4.78 is 119. The van der Waals surface area contributed by atoms with Gasteiger partial charge < -0.3 is 84.5 Å². The van der Waals surface area contributed by atoms with Crippen molar-refractivity contribution < 1.29 is 103 Å². The summed E-state index contributed by atoms with van der Waals surface area (Å²) >= 11 is 0. The number of para-hydroxylation sites is 1. The molecule has 10 rings (SSSR count). The van der Waals surface area contributed by atoms with Crippen LogP contribution >= 0.6 is 31.1 Å². The maximum absolute atomic E-state index is 14.6. The van der Waals surface area contributed by atoms with Gasteiger partial charge in [-0.3, -0.25) is 42.3 Å². The Morgan fingerprint density at radius 1 is 0.735 bits per heavy atom. The van der Waals surface area contributed by atoms with Gasteiger partial charge in [-0.15, -0.1) is 0 Å². The predicted octanol–water partition coefficient (Wildman–Crippen LogP) is -1.90. The summed E-state index contributed by atoms with van der Waals surface area (Å²) in [6, 6.07) is 8.11. The third-order valence-electron chi connectivity index (χ3n) is 13.5. The minimum absolute atomic E-state index is 0.00722. The van der Waals surface area contributed by atoms with Crippen LogP contribution in [0.25, 0.3) is 33.5 Å². The molecule has 3 fully saturated rings. The van der Waals surface area contributed by atoms with Crippen LogP contribution in [0.1, 0.15) is 25.1 Å². The molecule has 4 unspecified atom stereocenters. The Balaban J connectivity index is 0.850. The molecule has 0 saturated carbocycles. The first-order valence-corrected chi connectivity index (χ1v) is 30.5. The lowest BCUT2D eigenvalue weighted by Gasteiger charge is -2.35. The van der Waals surface area contributed by atoms with Gasteiger partial charge in [-0.25, -0.2) is 38.2 Å². The molecule has 6 aromatic heterocycles. The molecular weight excluding hydrogens is 1190 g/mol. The Labute approximate surface area is 464 Å². The van der Waals surface area contributed by atoms with Crippen molar-refractivity contribution in [3.8, 4) is 5.75 Å². The van der Waals surface area contributed by atoms with Gasteiger partial charge in [-0.05, 0) is 18.6 Å². The van der Waals surface area contributed by atoms with Gasteiger partial charge >= 0.3 is 29.1 Å². The van der Waals surface area contributed by atoms with Crippen molar-refractivity contribution in [1.82, 2.24) is 53.6 Å². The summed E-state index contributed by atoms with van der Waals surface area (Å²) in [5.74, 6) is -1.35. The average molecular weight is 1250 g/mol. The minimum atomic E-state index is -6.22. The highest BCUT2D eigenvalue weighted by Crippen LogP contribution is 2.68. The van der Waals surface area contributed by atoms with Crippen LogP contribution in [0.2, 0.25) is 0 Å². The van der Waals surface area contributed by atoms with Crippen LogP contribution in [0.3, 0.4) is 0 Å². The molecule has 0 amide bonds. The molecule has 3 saturated heterocycles. The van der Waals surface area contributed by atoms with E-state index in [1.165, 1.54) is 45.1 Å². The van der Waals surface area contributed by atoms with Crippen molar-refractivity contribution in [2.75, 3.05) is 57.8 Å². The highest BCUT2D eigenvalue weighted by molar-refractivity contribution is 7.66. The predicted molar refractivity (Wildman–Crippen MR) is 275 cm³/mol. The number of methoxy groups -OCH3 is 2. The largest absolute Gasteiger partial charge is 0.778 e. The number of nitrogen functional groups attached to an aromatic ring is 3. The van der Waals surface area contributed by atoms with E-state index in [9.17, 15) is 57.6 Å². The van der Waals surface area contributed by atoms with Crippen molar-refractivity contribution >= 4 is 82.3 Å². The number of aromatic nitrogens is 12. The lowest BCUT2D eigenvalue weighted by molar-refractivity contribution is -0.745. The number of nitrogens with two attached hydrogens (primary N) is 3. The molecule has 3 aliphatic rings. The Kier molecular flexibility index (Phi) is 17.0. The number of nitrogens with zero attached hydrogens (tertiary/aromatic N) is 10. The zero-order chi connectivity index (χ0) is 59.5. The molecule has 83 heavy (non-hydrogen) atoms. The lowest BCUT2D eigenvalue weighted by Crippen LogP contribution is -2.45. The van der Waals surface area contributed by atoms with Gasteiger partial charge in [0.15, 0.2) is 47.5 Å². The van der Waals surface area contributed by atoms with Crippen molar-refractivity contribution in [1.29, 1.82) is 0 Å². The van der Waals surface area contributed by atoms with E-state index >= 15 is 0 Å². The van der Waals surface area contributed by atoms with Crippen molar-refractivity contribution in [3.05, 3.63) is 76.3 Å². The third-order valence-corrected chi connectivity index (χ3v) is 19.7. The molecule has 0 spiro atoms. The fourth-order valence-electron chi connectivity index (χ4n) is 9.94. The van der Waals surface area contributed by atoms with Crippen molar-refractivity contribution in [2.24, 2.45) is 13.0 Å². The number of hydrogen-bond donors (Lipinski definition) is 10. The second kappa shape index (κ2) is 23.4. The van der Waals surface area contributed by atoms with Crippen LogP contribution in [-0.2, 0) is 71.2 Å². The van der Waals surface area contributed by atoms with Crippen LogP contribution in [-0.4, -0.2) is 168 Å². The highest BCUT2D eigenvalue weighted by Gasteiger charge is 2.55. The Morgan fingerprint density at radius 3 is 2.04 bits per heavy atom. The number of hydrogen-bond acceptors (Lipinski definition) is 29. The Morgan fingerprint density at radius 2 is 1.35 bits per heavy atom. The summed E-state index contributed by atoms with van der Waals surface area (Å²) in [5, 5.41) is 23.2. The van der Waals surface area contributed by atoms with Crippen LogP contribution in [0.4, 0.5) is 17.7 Å². The summed E-state index contributed by atoms with van der Waals surface area (Å²) in [6.45, 7) is -3.20. The fraction of sp³-hybridized carbons (Fsp3) is 0.488. The first kappa shape index (κ1) is 60.1. The number of phosphoric acid groups is 3. The average Bonchev–Trinajstić information content (AvgIpc) is 2.39. The maximum atomic E-state index is 14.6. The number of aliphatic hydroxyl groups is 2. The number of benzene rings is 1. The molecule has 3 aliphatic heterocycles. The second-order valence-corrected chi connectivity index (χ2v) is 25.4. The number of rotatable bonds is 23. The minimum Gasteiger partial charge on any atom is -0.778 e. The first-order chi connectivity index (χ1) is 39.3. The lowest BCUT2D eigenvalue weighted by atomic mass is 9.95. The van der Waals surface area contributed by atoms with E-state index < -0.39 is 135 Å². The highest BCUT2D eigenvalue weighted by atomic mass is 31.3. The van der Waals surface area contributed by atoms with Crippen LogP contribution < -0.4 is 42.5 Å². The molecule has 0 radical (unpaired) electrons. The van der Waals surface area contributed by atoms with Gasteiger partial charge in [0.1, 0.15) is 49.6 Å². The molecule has 7 aromatic rings. The van der Waals surface area contributed by atoms with E-state index in [-0.39, 0.29) is 70.0 Å². The van der Waals surface area contributed by atoms with E-state index in [4.69, 9.17) is 59.2 Å². The number of fused-ring (bicyclic) bond motifs is 3. The molecule has 16 atom stereocenters. The topological polar surface area (TPSA) is 534 Å². The molecule has 0 aliphatic carbocycles. The number of ether oxygens (including phenoxy) is 6. The molecule has 0 bridgehead atoms. The van der Waals surface area contributed by atoms with E-state index in [0.29, 0.717) is 0 Å². The number of phosphoric ester groups is 2. The summed E-state index contributed by atoms with van der Waals surface area (Å²) in [7, 11) is -19.7. The van der Waals surface area contributed by atoms with E-state index in [1.54, 1.807) is 30.3 Å². The number of anilines is 3. The standard InChI is InChI=1S/C41H53N15O23P4/c1-53-17-56(34-25(53)36(60)52-41(44)50-34)37-26(57)19(9-10-69-2)20(75-37)11-72-81(63,64)78-83(67,68)79-82(65,66)73-13-22-30(29(70-3)39(77-22)54-15-47-23-31(42)45-14-46-32(23)54)80(61,62)71-12-21-27(58)28(74-18-7-5-4-6-8-18)38(76-21)55-16-48-24-33(55)49-40(43)51-35(24)59/h4-8,14-17,19-22,26-30,37-39,57-58H,9-13H2,1-3H3,(H11-,42,43,44,45,46,49,50,51,52,59,60,61,62,63,64,65,66,67,68)/t19-,20-,21-,22-,26-,27-,28-,29-,30-,37-,38-,39-/m1/s1. The number of aliphatic hydroxyl groups excluding tert-OH is 2. The van der Waals surface area contributed by atoms with Gasteiger partial charge in [-0.2, -0.15) is 13.6 Å².